The number of aromatic amines is 1. The molecule has 0 bridgehead atoms. The van der Waals surface area contributed by atoms with Crippen LogP contribution in [0.1, 0.15) is 21.6 Å². The van der Waals surface area contributed by atoms with Gasteiger partial charge in [-0.1, -0.05) is 6.07 Å². The fourth-order valence-corrected chi connectivity index (χ4v) is 3.22. The number of amides is 1. The molecule has 4 heterocycles. The van der Waals surface area contributed by atoms with Crippen LogP contribution in [-0.2, 0) is 13.0 Å². The van der Waals surface area contributed by atoms with Crippen molar-refractivity contribution in [3.63, 3.8) is 0 Å². The van der Waals surface area contributed by atoms with E-state index in [0.717, 1.165) is 22.6 Å². The number of aromatic nitrogens is 4. The van der Waals surface area contributed by atoms with Crippen LogP contribution in [0.5, 0.6) is 0 Å². The van der Waals surface area contributed by atoms with Gasteiger partial charge in [0, 0.05) is 43.2 Å². The SMILES string of the molecule is O=C(c1cnc(-c2cccs2)nc1)N1CCc2[nH]ncc2C1. The highest BCUT2D eigenvalue weighted by atomic mass is 32.1. The summed E-state index contributed by atoms with van der Waals surface area (Å²) in [5, 5.41) is 8.97. The number of nitrogens with zero attached hydrogens (tertiary/aromatic N) is 4. The van der Waals surface area contributed by atoms with Crippen LogP contribution in [0.15, 0.2) is 36.1 Å². The van der Waals surface area contributed by atoms with Gasteiger partial charge in [-0.3, -0.25) is 9.89 Å². The van der Waals surface area contributed by atoms with Gasteiger partial charge in [-0.25, -0.2) is 9.97 Å². The normalized spacial score (nSPS) is 13.9. The molecule has 4 rings (SSSR count). The van der Waals surface area contributed by atoms with Crippen molar-refractivity contribution in [1.82, 2.24) is 25.1 Å². The molecule has 6 nitrogen and oxygen atoms in total. The molecule has 7 heteroatoms. The maximum Gasteiger partial charge on any atom is 0.257 e. The minimum Gasteiger partial charge on any atom is -0.334 e. The zero-order valence-electron chi connectivity index (χ0n) is 11.7. The Morgan fingerprint density at radius 3 is 2.91 bits per heavy atom. The zero-order chi connectivity index (χ0) is 14.9. The summed E-state index contributed by atoms with van der Waals surface area (Å²) in [5.74, 6) is 0.617. The molecular formula is C15H13N5OS. The van der Waals surface area contributed by atoms with Crippen LogP contribution in [-0.4, -0.2) is 37.5 Å². The Labute approximate surface area is 130 Å². The third-order valence-corrected chi connectivity index (χ3v) is 4.59. The summed E-state index contributed by atoms with van der Waals surface area (Å²) in [7, 11) is 0. The van der Waals surface area contributed by atoms with Gasteiger partial charge >= 0.3 is 0 Å². The van der Waals surface area contributed by atoms with Gasteiger partial charge in [0.1, 0.15) is 0 Å². The van der Waals surface area contributed by atoms with Crippen LogP contribution in [0.2, 0.25) is 0 Å². The first-order valence-corrected chi connectivity index (χ1v) is 7.85. The summed E-state index contributed by atoms with van der Waals surface area (Å²) in [6, 6.07) is 3.92. The Morgan fingerprint density at radius 2 is 2.14 bits per heavy atom. The number of thiophene rings is 1. The second kappa shape index (κ2) is 5.34. The van der Waals surface area contributed by atoms with Gasteiger partial charge in [0.15, 0.2) is 5.82 Å². The summed E-state index contributed by atoms with van der Waals surface area (Å²) in [6.07, 6.45) is 5.80. The van der Waals surface area contributed by atoms with Crippen LogP contribution < -0.4 is 0 Å². The molecule has 3 aromatic heterocycles. The topological polar surface area (TPSA) is 74.8 Å². The molecule has 0 aromatic carbocycles. The van der Waals surface area contributed by atoms with Crippen molar-refractivity contribution in [2.45, 2.75) is 13.0 Å². The Bertz CT molecular complexity index is 794. The van der Waals surface area contributed by atoms with E-state index in [4.69, 9.17) is 0 Å². The van der Waals surface area contributed by atoms with Gasteiger partial charge in [0.25, 0.3) is 5.91 Å². The molecule has 3 aromatic rings. The van der Waals surface area contributed by atoms with Crippen molar-refractivity contribution in [1.29, 1.82) is 0 Å². The van der Waals surface area contributed by atoms with E-state index in [1.54, 1.807) is 34.8 Å². The fourth-order valence-electron chi connectivity index (χ4n) is 2.55. The molecule has 1 aliphatic heterocycles. The number of H-pyrrole nitrogens is 1. The lowest BCUT2D eigenvalue weighted by molar-refractivity contribution is 0.0733. The third kappa shape index (κ3) is 2.29. The lowest BCUT2D eigenvalue weighted by Gasteiger charge is -2.26. The molecule has 1 amide bonds. The molecule has 110 valence electrons. The van der Waals surface area contributed by atoms with Crippen molar-refractivity contribution < 1.29 is 4.79 Å². The van der Waals surface area contributed by atoms with E-state index in [1.165, 1.54) is 0 Å². The lowest BCUT2D eigenvalue weighted by atomic mass is 10.1. The molecule has 0 aliphatic carbocycles. The molecule has 0 atom stereocenters. The van der Waals surface area contributed by atoms with Gasteiger partial charge in [-0.15, -0.1) is 11.3 Å². The molecular weight excluding hydrogens is 298 g/mol. The number of fused-ring (bicyclic) bond motifs is 1. The molecule has 1 aliphatic rings. The predicted molar refractivity (Wildman–Crippen MR) is 82.4 cm³/mol. The minimum absolute atomic E-state index is 0.0374. The second-order valence-corrected chi connectivity index (χ2v) is 6.07. The van der Waals surface area contributed by atoms with Crippen LogP contribution >= 0.6 is 11.3 Å². The van der Waals surface area contributed by atoms with E-state index in [0.29, 0.717) is 24.5 Å². The van der Waals surface area contributed by atoms with E-state index in [-0.39, 0.29) is 5.91 Å². The maximum absolute atomic E-state index is 12.5. The van der Waals surface area contributed by atoms with Gasteiger partial charge in [0.05, 0.1) is 16.6 Å². The minimum atomic E-state index is -0.0374. The Kier molecular flexibility index (Phi) is 3.19. The van der Waals surface area contributed by atoms with Crippen molar-refractivity contribution in [3.8, 4) is 10.7 Å². The Balaban J connectivity index is 1.54. The highest BCUT2D eigenvalue weighted by Gasteiger charge is 2.23. The summed E-state index contributed by atoms with van der Waals surface area (Å²) >= 11 is 1.58. The molecule has 0 fully saturated rings. The third-order valence-electron chi connectivity index (χ3n) is 3.73. The van der Waals surface area contributed by atoms with Crippen molar-refractivity contribution in [3.05, 3.63) is 52.9 Å². The number of carbonyl (C=O) groups is 1. The highest BCUT2D eigenvalue weighted by molar-refractivity contribution is 7.13. The van der Waals surface area contributed by atoms with E-state index < -0.39 is 0 Å². The smallest absolute Gasteiger partial charge is 0.257 e. The van der Waals surface area contributed by atoms with Gasteiger partial charge in [0.2, 0.25) is 0 Å². The van der Waals surface area contributed by atoms with Gasteiger partial charge in [-0.2, -0.15) is 5.10 Å². The van der Waals surface area contributed by atoms with Crippen LogP contribution in [0.3, 0.4) is 0 Å². The molecule has 0 saturated carbocycles. The number of nitrogens with one attached hydrogen (secondary N) is 1. The van der Waals surface area contributed by atoms with E-state index in [2.05, 4.69) is 20.2 Å². The first-order chi connectivity index (χ1) is 10.8. The van der Waals surface area contributed by atoms with E-state index in [9.17, 15) is 4.79 Å². The first kappa shape index (κ1) is 13.1. The van der Waals surface area contributed by atoms with Crippen molar-refractivity contribution in [2.75, 3.05) is 6.54 Å². The average molecular weight is 311 g/mol. The van der Waals surface area contributed by atoms with Gasteiger partial charge < -0.3 is 4.90 Å². The average Bonchev–Trinajstić information content (AvgIpc) is 3.25. The standard InChI is InChI=1S/C15H13N5OS/c21-15(20-4-3-12-11(9-20)8-18-19-12)10-6-16-14(17-7-10)13-2-1-5-22-13/h1-2,5-8H,3-4,9H2,(H,18,19). The van der Waals surface area contributed by atoms with Crippen LogP contribution in [0.25, 0.3) is 10.7 Å². The zero-order valence-corrected chi connectivity index (χ0v) is 12.5. The van der Waals surface area contributed by atoms with Crippen LogP contribution in [0, 0.1) is 0 Å². The van der Waals surface area contributed by atoms with Crippen LogP contribution in [0.4, 0.5) is 0 Å². The monoisotopic (exact) mass is 311 g/mol. The van der Waals surface area contributed by atoms with E-state index >= 15 is 0 Å². The molecule has 0 spiro atoms. The number of carbonyl (C=O) groups excluding carboxylic acids is 1. The number of rotatable bonds is 2. The fraction of sp³-hybridized carbons (Fsp3) is 0.200. The molecule has 0 radical (unpaired) electrons. The quantitative estimate of drug-likeness (QED) is 0.786. The van der Waals surface area contributed by atoms with E-state index in [1.807, 2.05) is 17.5 Å². The molecule has 0 unspecified atom stereocenters. The Hall–Kier alpha value is -2.54. The summed E-state index contributed by atoms with van der Waals surface area (Å²) < 4.78 is 0. The summed E-state index contributed by atoms with van der Waals surface area (Å²) in [6.45, 7) is 1.26. The second-order valence-electron chi connectivity index (χ2n) is 5.12. The largest absolute Gasteiger partial charge is 0.334 e. The Morgan fingerprint density at radius 1 is 1.27 bits per heavy atom. The first-order valence-electron chi connectivity index (χ1n) is 6.97. The number of hydrogen-bond donors (Lipinski definition) is 1. The van der Waals surface area contributed by atoms with Crippen molar-refractivity contribution in [2.24, 2.45) is 0 Å². The predicted octanol–water partition coefficient (Wildman–Crippen LogP) is 2.13. The summed E-state index contributed by atoms with van der Waals surface area (Å²) in [5.41, 5.74) is 2.72. The molecule has 22 heavy (non-hydrogen) atoms. The van der Waals surface area contributed by atoms with Gasteiger partial charge in [-0.05, 0) is 11.4 Å². The summed E-state index contributed by atoms with van der Waals surface area (Å²) in [4.78, 5) is 24.0. The molecule has 0 saturated heterocycles. The molecule has 1 N–H and O–H groups in total. The lowest BCUT2D eigenvalue weighted by Crippen LogP contribution is -2.35. The van der Waals surface area contributed by atoms with Crippen molar-refractivity contribution >= 4 is 17.2 Å². The maximum atomic E-state index is 12.5. The number of hydrogen-bond acceptors (Lipinski definition) is 5. The highest BCUT2D eigenvalue weighted by Crippen LogP contribution is 2.21.